The molecule has 0 saturated heterocycles. The van der Waals surface area contributed by atoms with Crippen molar-refractivity contribution in [2.75, 3.05) is 6.61 Å². The minimum atomic E-state index is -2.43. The van der Waals surface area contributed by atoms with Gasteiger partial charge in [-0.05, 0) is 25.0 Å². The van der Waals surface area contributed by atoms with Crippen LogP contribution < -0.4 is 0 Å². The Morgan fingerprint density at radius 2 is 2.05 bits per heavy atom. The molecule has 0 radical (unpaired) electrons. The lowest BCUT2D eigenvalue weighted by Gasteiger charge is -1.99. The van der Waals surface area contributed by atoms with Crippen molar-refractivity contribution in [1.29, 1.82) is 0 Å². The highest BCUT2D eigenvalue weighted by atomic mass is 19.3. The molecule has 0 bridgehead atoms. The van der Waals surface area contributed by atoms with Gasteiger partial charge in [0, 0.05) is 18.0 Å². The van der Waals surface area contributed by atoms with Crippen LogP contribution in [0, 0.1) is 0 Å². The topological polar surface area (TPSA) is 26.5 Å². The number of alkyl halides is 2. The second-order valence-corrected chi connectivity index (χ2v) is 4.47. The maximum absolute atomic E-state index is 12.4. The Bertz CT molecular complexity index is 544. The van der Waals surface area contributed by atoms with E-state index in [0.29, 0.717) is 11.6 Å². The first-order valence-electron chi connectivity index (χ1n) is 6.48. The molecule has 5 heteroatoms. The molecule has 0 saturated carbocycles. The maximum Gasteiger partial charge on any atom is 0.265 e. The molecule has 0 aromatic carbocycles. The lowest BCUT2D eigenvalue weighted by atomic mass is 10.2. The molecule has 110 valence electrons. The summed E-state index contributed by atoms with van der Waals surface area (Å²) in [5.74, 6) is 0.305. The molecule has 2 heterocycles. The summed E-state index contributed by atoms with van der Waals surface area (Å²) in [6, 6.07) is 3.03. The second-order valence-electron chi connectivity index (χ2n) is 4.47. The molecule has 3 nitrogen and oxygen atoms in total. The number of aromatic nitrogens is 2. The number of ether oxygens (including phenoxy) is 1. The van der Waals surface area contributed by atoms with Crippen LogP contribution in [0.1, 0.15) is 44.4 Å². The molecule has 0 spiro atoms. The fraction of sp³-hybridized carbons (Fsp3) is 0.400. The third-order valence-corrected chi connectivity index (χ3v) is 2.62. The van der Waals surface area contributed by atoms with E-state index >= 15 is 0 Å². The number of imidazole rings is 1. The summed E-state index contributed by atoms with van der Waals surface area (Å²) in [5, 5.41) is 0. The molecular weight excluding hydrogens is 262 g/mol. The van der Waals surface area contributed by atoms with Crippen LogP contribution in [-0.4, -0.2) is 16.0 Å². The van der Waals surface area contributed by atoms with Gasteiger partial charge in [0.25, 0.3) is 6.43 Å². The Labute approximate surface area is 117 Å². The van der Waals surface area contributed by atoms with E-state index < -0.39 is 6.43 Å². The lowest BCUT2D eigenvalue weighted by Crippen LogP contribution is -1.89. The number of nitrogens with zero attached hydrogens (tertiary/aromatic N) is 2. The van der Waals surface area contributed by atoms with Crippen molar-refractivity contribution in [1.82, 2.24) is 9.38 Å². The number of hydrogen-bond acceptors (Lipinski definition) is 2. The van der Waals surface area contributed by atoms with Crippen LogP contribution in [0.4, 0.5) is 8.78 Å². The van der Waals surface area contributed by atoms with Crippen molar-refractivity contribution < 1.29 is 13.5 Å². The Kier molecular flexibility index (Phi) is 6.15. The van der Waals surface area contributed by atoms with Crippen LogP contribution in [0.3, 0.4) is 0 Å². The number of fused-ring (bicyclic) bond motifs is 1. The van der Waals surface area contributed by atoms with E-state index in [9.17, 15) is 8.78 Å². The monoisotopic (exact) mass is 282 g/mol. The highest BCUT2D eigenvalue weighted by molar-refractivity contribution is 5.42. The molecule has 0 fully saturated rings. The third kappa shape index (κ3) is 4.33. The van der Waals surface area contributed by atoms with E-state index in [1.54, 1.807) is 16.7 Å². The van der Waals surface area contributed by atoms with Crippen molar-refractivity contribution in [3.05, 3.63) is 48.6 Å². The third-order valence-electron chi connectivity index (χ3n) is 2.62. The minimum Gasteiger partial charge on any atom is -0.502 e. The van der Waals surface area contributed by atoms with Gasteiger partial charge in [-0.2, -0.15) is 0 Å². The molecule has 0 N–H and O–H groups in total. The fourth-order valence-electron chi connectivity index (χ4n) is 1.55. The summed E-state index contributed by atoms with van der Waals surface area (Å²) in [6.45, 7) is 10.0. The highest BCUT2D eigenvalue weighted by Crippen LogP contribution is 2.20. The maximum atomic E-state index is 12.4. The first kappa shape index (κ1) is 16.1. The molecule has 0 atom stereocenters. The van der Waals surface area contributed by atoms with Crippen LogP contribution in [0.5, 0.6) is 0 Å². The fourth-order valence-corrected chi connectivity index (χ4v) is 1.55. The molecule has 0 aliphatic rings. The number of hydrogen-bond donors (Lipinski definition) is 0. The van der Waals surface area contributed by atoms with Gasteiger partial charge in [-0.3, -0.25) is 0 Å². The summed E-state index contributed by atoms with van der Waals surface area (Å²) in [6.07, 6.45) is 2.23. The molecule has 2 rings (SSSR count). The molecular formula is C15H20F2N2O. The molecule has 0 aliphatic heterocycles. The van der Waals surface area contributed by atoms with E-state index in [0.717, 1.165) is 12.3 Å². The van der Waals surface area contributed by atoms with Crippen LogP contribution in [-0.2, 0) is 4.74 Å². The average molecular weight is 282 g/mol. The van der Waals surface area contributed by atoms with Crippen molar-refractivity contribution in [2.45, 2.75) is 33.1 Å². The van der Waals surface area contributed by atoms with Crippen LogP contribution in [0.2, 0.25) is 0 Å². The molecule has 20 heavy (non-hydrogen) atoms. The SMILES string of the molecule is C=COCC.CC(C)c1cn2cc(C(F)F)ccc2n1. The molecule has 2 aromatic rings. The standard InChI is InChI=1S/C11H12F2N2.C4H8O/c1-7(2)9-6-15-5-8(11(12)13)3-4-10(15)14-9;1-3-5-4-2/h3-7,11H,1-2H3;3H,1,4H2,2H3. The van der Waals surface area contributed by atoms with Crippen molar-refractivity contribution in [3.63, 3.8) is 0 Å². The van der Waals surface area contributed by atoms with Gasteiger partial charge in [0.1, 0.15) is 5.65 Å². The lowest BCUT2D eigenvalue weighted by molar-refractivity contribution is 0.151. The minimum absolute atomic E-state index is 0.0233. The zero-order chi connectivity index (χ0) is 15.1. The first-order chi connectivity index (χ1) is 9.49. The second kappa shape index (κ2) is 7.62. The normalized spacial score (nSPS) is 10.6. The summed E-state index contributed by atoms with van der Waals surface area (Å²) in [5.41, 5.74) is 1.65. The van der Waals surface area contributed by atoms with E-state index in [1.807, 2.05) is 20.8 Å². The summed E-state index contributed by atoms with van der Waals surface area (Å²) >= 11 is 0. The van der Waals surface area contributed by atoms with Crippen LogP contribution >= 0.6 is 0 Å². The molecule has 0 amide bonds. The van der Waals surface area contributed by atoms with Crippen molar-refractivity contribution in [2.24, 2.45) is 0 Å². The molecule has 0 unspecified atom stereocenters. The summed E-state index contributed by atoms with van der Waals surface area (Å²) < 4.78 is 31.1. The van der Waals surface area contributed by atoms with Gasteiger partial charge < -0.3 is 9.14 Å². The first-order valence-corrected chi connectivity index (χ1v) is 6.48. The number of halogens is 2. The highest BCUT2D eigenvalue weighted by Gasteiger charge is 2.10. The zero-order valence-corrected chi connectivity index (χ0v) is 12.0. The Hall–Kier alpha value is -1.91. The van der Waals surface area contributed by atoms with Gasteiger partial charge in [0.15, 0.2) is 0 Å². The van der Waals surface area contributed by atoms with E-state index in [2.05, 4.69) is 16.3 Å². The van der Waals surface area contributed by atoms with Gasteiger partial charge in [-0.1, -0.05) is 20.4 Å². The summed E-state index contributed by atoms with van der Waals surface area (Å²) in [7, 11) is 0. The van der Waals surface area contributed by atoms with Crippen LogP contribution in [0.25, 0.3) is 5.65 Å². The van der Waals surface area contributed by atoms with Crippen LogP contribution in [0.15, 0.2) is 37.4 Å². The quantitative estimate of drug-likeness (QED) is 0.768. The largest absolute Gasteiger partial charge is 0.502 e. The number of pyridine rings is 1. The average Bonchev–Trinajstić information content (AvgIpc) is 2.83. The Morgan fingerprint density at radius 3 is 2.50 bits per heavy atom. The smallest absolute Gasteiger partial charge is 0.265 e. The van der Waals surface area contributed by atoms with Gasteiger partial charge in [0.2, 0.25) is 0 Å². The Morgan fingerprint density at radius 1 is 1.35 bits per heavy atom. The van der Waals surface area contributed by atoms with Crippen molar-refractivity contribution in [3.8, 4) is 0 Å². The van der Waals surface area contributed by atoms with E-state index in [1.165, 1.54) is 18.5 Å². The Balaban J connectivity index is 0.000000347. The van der Waals surface area contributed by atoms with Gasteiger partial charge in [0.05, 0.1) is 18.6 Å². The van der Waals surface area contributed by atoms with Gasteiger partial charge in [-0.25, -0.2) is 13.8 Å². The predicted octanol–water partition coefficient (Wildman–Crippen LogP) is 4.56. The van der Waals surface area contributed by atoms with Gasteiger partial charge in [-0.15, -0.1) is 0 Å². The van der Waals surface area contributed by atoms with Gasteiger partial charge >= 0.3 is 0 Å². The molecule has 0 aliphatic carbocycles. The predicted molar refractivity (Wildman–Crippen MR) is 76.1 cm³/mol. The van der Waals surface area contributed by atoms with E-state index in [4.69, 9.17) is 0 Å². The molecule has 2 aromatic heterocycles. The number of rotatable bonds is 4. The summed E-state index contributed by atoms with van der Waals surface area (Å²) in [4.78, 5) is 4.33. The zero-order valence-electron chi connectivity index (χ0n) is 12.0. The van der Waals surface area contributed by atoms with Crippen molar-refractivity contribution >= 4 is 5.65 Å². The van der Waals surface area contributed by atoms with E-state index in [-0.39, 0.29) is 5.56 Å².